The smallest absolute Gasteiger partial charge is 0.0551 e. The lowest BCUT2D eigenvalue weighted by Crippen LogP contribution is -1.88. The highest BCUT2D eigenvalue weighted by Gasteiger charge is 2.35. The van der Waals surface area contributed by atoms with Gasteiger partial charge in [0.1, 0.15) is 0 Å². The minimum atomic E-state index is 0.343. The lowest BCUT2D eigenvalue weighted by molar-refractivity contribution is 0.282. The van der Waals surface area contributed by atoms with Crippen molar-refractivity contribution >= 4 is 12.4 Å². The number of unbranched alkanes of at least 4 members (excludes halogenated alkanes) is 2. The van der Waals surface area contributed by atoms with Crippen LogP contribution in [0.4, 0.5) is 0 Å². The van der Waals surface area contributed by atoms with Crippen LogP contribution in [0.2, 0.25) is 0 Å². The van der Waals surface area contributed by atoms with E-state index in [-0.39, 0.29) is 0 Å². The minimum absolute atomic E-state index is 0.343. The maximum absolute atomic E-state index is 8.55. The molecule has 0 heterocycles. The molecule has 2 atom stereocenters. The average Bonchev–Trinajstić information content (AvgIpc) is 2.79. The Kier molecular flexibility index (Phi) is 4.69. The molecule has 0 aliphatic heterocycles. The van der Waals surface area contributed by atoms with E-state index in [9.17, 15) is 0 Å². The summed E-state index contributed by atoms with van der Waals surface area (Å²) in [5, 5.41) is 8.55. The normalized spacial score (nSPS) is 27.1. The van der Waals surface area contributed by atoms with Gasteiger partial charge in [-0.25, -0.2) is 4.36 Å². The molecule has 1 saturated carbocycles. The molecule has 0 bridgehead atoms. The van der Waals surface area contributed by atoms with Crippen LogP contribution in [0.25, 0.3) is 0 Å². The predicted octanol–water partition coefficient (Wildman–Crippen LogP) is 1.91. The third-order valence-electron chi connectivity index (χ3n) is 2.61. The van der Waals surface area contributed by atoms with Gasteiger partial charge in [0.05, 0.1) is 6.54 Å². The van der Waals surface area contributed by atoms with E-state index in [2.05, 4.69) is 16.8 Å². The summed E-state index contributed by atoms with van der Waals surface area (Å²) in [7, 11) is 0. The zero-order valence-electron chi connectivity index (χ0n) is 7.41. The fourth-order valence-electron chi connectivity index (χ4n) is 1.68. The van der Waals surface area contributed by atoms with E-state index in [1.165, 1.54) is 25.7 Å². The highest BCUT2D eigenvalue weighted by Crippen LogP contribution is 2.42. The molecule has 0 aromatic heterocycles. The molecule has 0 aromatic rings. The molecule has 0 aromatic carbocycles. The number of nitrogens with zero attached hydrogens (tertiary/aromatic N) is 1. The van der Waals surface area contributed by atoms with Crippen LogP contribution >= 0.6 is 0 Å². The number of hydrogen-bond donors (Lipinski definition) is 1. The van der Waals surface area contributed by atoms with Gasteiger partial charge in [-0.2, -0.15) is 0 Å². The van der Waals surface area contributed by atoms with E-state index >= 15 is 0 Å². The number of hydrogen-bond acceptors (Lipinski definition) is 3. The van der Waals surface area contributed by atoms with Crippen molar-refractivity contribution in [2.75, 3.05) is 13.2 Å². The van der Waals surface area contributed by atoms with Gasteiger partial charge in [0, 0.05) is 19.0 Å². The lowest BCUT2D eigenvalue weighted by Gasteiger charge is -1.97. The molecule has 0 spiro atoms. The zero-order valence-corrected chi connectivity index (χ0v) is 8.22. The number of rotatable bonds is 7. The van der Waals surface area contributed by atoms with E-state index in [4.69, 9.17) is 5.11 Å². The standard InChI is InChI=1S/C9H17NOS/c11-5-3-1-2-4-8-6-9(8)7-10-12/h8-9,11H,1-7H2. The summed E-state index contributed by atoms with van der Waals surface area (Å²) in [5.41, 5.74) is 0. The second-order valence-electron chi connectivity index (χ2n) is 3.64. The van der Waals surface area contributed by atoms with Gasteiger partial charge < -0.3 is 5.11 Å². The summed E-state index contributed by atoms with van der Waals surface area (Å²) in [4.78, 5) is 0. The maximum Gasteiger partial charge on any atom is 0.0551 e. The summed E-state index contributed by atoms with van der Waals surface area (Å²) in [6.45, 7) is 1.23. The maximum atomic E-state index is 8.55. The van der Waals surface area contributed by atoms with Crippen LogP contribution in [0.15, 0.2) is 4.36 Å². The van der Waals surface area contributed by atoms with Gasteiger partial charge in [0.15, 0.2) is 0 Å². The van der Waals surface area contributed by atoms with Gasteiger partial charge in [-0.05, 0) is 24.7 Å². The topological polar surface area (TPSA) is 32.6 Å². The second kappa shape index (κ2) is 5.60. The monoisotopic (exact) mass is 187 g/mol. The molecule has 2 nitrogen and oxygen atoms in total. The Bertz CT molecular complexity index is 140. The van der Waals surface area contributed by atoms with Crippen LogP contribution in [-0.4, -0.2) is 18.3 Å². The molecule has 0 radical (unpaired) electrons. The molecular formula is C9H17NOS. The van der Waals surface area contributed by atoms with E-state index < -0.39 is 0 Å². The number of aliphatic hydroxyl groups is 1. The Balaban J connectivity index is 1.86. The fourth-order valence-corrected chi connectivity index (χ4v) is 1.87. The Morgan fingerprint density at radius 2 is 2.08 bits per heavy atom. The van der Waals surface area contributed by atoms with Crippen molar-refractivity contribution in [2.45, 2.75) is 32.1 Å². The summed E-state index contributed by atoms with van der Waals surface area (Å²) < 4.78 is 3.74. The summed E-state index contributed by atoms with van der Waals surface area (Å²) in [6, 6.07) is 0. The summed E-state index contributed by atoms with van der Waals surface area (Å²) in [6.07, 6.45) is 6.04. The number of aliphatic hydroxyl groups excluding tert-OH is 1. The van der Waals surface area contributed by atoms with Crippen molar-refractivity contribution < 1.29 is 5.11 Å². The SMILES string of the molecule is OCCCCCC1CC1CN=S. The van der Waals surface area contributed by atoms with Crippen LogP contribution in [-0.2, 0) is 12.4 Å². The van der Waals surface area contributed by atoms with E-state index in [1.54, 1.807) is 0 Å². The largest absolute Gasteiger partial charge is 0.396 e. The molecule has 12 heavy (non-hydrogen) atoms. The molecule has 0 saturated heterocycles. The average molecular weight is 187 g/mol. The molecule has 0 amide bonds. The molecule has 1 fully saturated rings. The first-order chi connectivity index (χ1) is 5.88. The first kappa shape index (κ1) is 10.1. The summed E-state index contributed by atoms with van der Waals surface area (Å²) >= 11 is 4.57. The fraction of sp³-hybridized carbons (Fsp3) is 1.00. The molecule has 1 aliphatic carbocycles. The van der Waals surface area contributed by atoms with E-state index in [0.717, 1.165) is 24.8 Å². The van der Waals surface area contributed by atoms with Crippen molar-refractivity contribution in [3.8, 4) is 0 Å². The van der Waals surface area contributed by atoms with Crippen LogP contribution in [0.1, 0.15) is 32.1 Å². The zero-order chi connectivity index (χ0) is 8.81. The van der Waals surface area contributed by atoms with Crippen LogP contribution in [0.3, 0.4) is 0 Å². The Morgan fingerprint density at radius 3 is 2.75 bits per heavy atom. The van der Waals surface area contributed by atoms with Crippen LogP contribution in [0, 0.1) is 11.8 Å². The highest BCUT2D eigenvalue weighted by molar-refractivity contribution is 7.47. The Morgan fingerprint density at radius 1 is 1.25 bits per heavy atom. The third kappa shape index (κ3) is 3.59. The molecular weight excluding hydrogens is 170 g/mol. The van der Waals surface area contributed by atoms with Gasteiger partial charge >= 0.3 is 0 Å². The second-order valence-corrected chi connectivity index (χ2v) is 3.90. The van der Waals surface area contributed by atoms with Gasteiger partial charge in [-0.3, -0.25) is 0 Å². The Hall–Kier alpha value is -0.0200. The van der Waals surface area contributed by atoms with Crippen LogP contribution < -0.4 is 0 Å². The van der Waals surface area contributed by atoms with Gasteiger partial charge in [-0.1, -0.05) is 19.3 Å². The highest BCUT2D eigenvalue weighted by atomic mass is 32.1. The first-order valence-electron chi connectivity index (χ1n) is 4.78. The van der Waals surface area contributed by atoms with Gasteiger partial charge in [0.2, 0.25) is 0 Å². The van der Waals surface area contributed by atoms with Crippen molar-refractivity contribution in [2.24, 2.45) is 16.2 Å². The minimum Gasteiger partial charge on any atom is -0.396 e. The van der Waals surface area contributed by atoms with Crippen molar-refractivity contribution in [3.63, 3.8) is 0 Å². The van der Waals surface area contributed by atoms with E-state index in [0.29, 0.717) is 6.61 Å². The Labute approximate surface area is 79.5 Å². The quantitative estimate of drug-likeness (QED) is 0.617. The molecule has 1 rings (SSSR count). The third-order valence-corrected chi connectivity index (χ3v) is 2.76. The van der Waals surface area contributed by atoms with Crippen LogP contribution in [0.5, 0.6) is 0 Å². The molecule has 1 N–H and O–H groups in total. The predicted molar refractivity (Wildman–Crippen MR) is 51.8 cm³/mol. The molecule has 1 aliphatic rings. The van der Waals surface area contributed by atoms with E-state index in [1.807, 2.05) is 0 Å². The van der Waals surface area contributed by atoms with Gasteiger partial charge in [0.25, 0.3) is 0 Å². The van der Waals surface area contributed by atoms with Crippen molar-refractivity contribution in [3.05, 3.63) is 0 Å². The molecule has 3 heteroatoms. The van der Waals surface area contributed by atoms with Gasteiger partial charge in [-0.15, -0.1) is 0 Å². The molecule has 2 unspecified atom stereocenters. The molecule has 70 valence electrons. The van der Waals surface area contributed by atoms with Crippen molar-refractivity contribution in [1.29, 1.82) is 0 Å². The summed E-state index contributed by atoms with van der Waals surface area (Å²) in [5.74, 6) is 1.70. The first-order valence-corrected chi connectivity index (χ1v) is 5.15. The van der Waals surface area contributed by atoms with Crippen molar-refractivity contribution in [1.82, 2.24) is 0 Å². The lowest BCUT2D eigenvalue weighted by atomic mass is 10.1.